The summed E-state index contributed by atoms with van der Waals surface area (Å²) in [4.78, 5) is 2.00. The van der Waals surface area contributed by atoms with E-state index >= 15 is 0 Å². The van der Waals surface area contributed by atoms with Gasteiger partial charge in [-0.1, -0.05) is 29.8 Å². The first-order valence-corrected chi connectivity index (χ1v) is 8.87. The van der Waals surface area contributed by atoms with Gasteiger partial charge < -0.3 is 21.0 Å². The first-order valence-electron chi connectivity index (χ1n) is 8.49. The van der Waals surface area contributed by atoms with Crippen molar-refractivity contribution in [3.8, 4) is 17.3 Å². The SMILES string of the molecule is N#Cc1c(-c2ccccc2)[n+]([O-])c2cc(N3CC[C@@H](N)C3)c(Cl)cc2[n+]1[O-]. The Balaban J connectivity index is 2.01. The number of benzene rings is 2. The van der Waals surface area contributed by atoms with Crippen LogP contribution in [0.4, 0.5) is 5.69 Å². The topological polar surface area (TPSA) is 107 Å². The molecule has 136 valence electrons. The van der Waals surface area contributed by atoms with Crippen LogP contribution >= 0.6 is 11.6 Å². The Kier molecular flexibility index (Phi) is 4.22. The summed E-state index contributed by atoms with van der Waals surface area (Å²) >= 11 is 6.38. The van der Waals surface area contributed by atoms with Crippen LogP contribution in [0.5, 0.6) is 0 Å². The lowest BCUT2D eigenvalue weighted by Gasteiger charge is -2.20. The van der Waals surface area contributed by atoms with Crippen molar-refractivity contribution in [2.24, 2.45) is 5.73 Å². The van der Waals surface area contributed by atoms with E-state index in [2.05, 4.69) is 0 Å². The van der Waals surface area contributed by atoms with Crippen LogP contribution in [-0.2, 0) is 0 Å². The quantitative estimate of drug-likeness (QED) is 0.538. The Morgan fingerprint density at radius 1 is 1.15 bits per heavy atom. The van der Waals surface area contributed by atoms with E-state index in [1.807, 2.05) is 11.0 Å². The number of nitrogens with zero attached hydrogens (tertiary/aromatic N) is 4. The molecule has 0 unspecified atom stereocenters. The molecule has 1 aliphatic heterocycles. The van der Waals surface area contributed by atoms with Crippen molar-refractivity contribution in [1.82, 2.24) is 0 Å². The molecule has 2 N–H and O–H groups in total. The monoisotopic (exact) mass is 381 g/mol. The molecular formula is C19H16ClN5O2. The lowest BCUT2D eigenvalue weighted by molar-refractivity contribution is -0.622. The maximum Gasteiger partial charge on any atom is 0.369 e. The zero-order valence-electron chi connectivity index (χ0n) is 14.3. The second kappa shape index (κ2) is 6.58. The molecule has 1 aromatic heterocycles. The molecule has 0 amide bonds. The van der Waals surface area contributed by atoms with Gasteiger partial charge in [-0.15, -0.1) is 4.73 Å². The van der Waals surface area contributed by atoms with Crippen LogP contribution in [0.1, 0.15) is 12.1 Å². The number of anilines is 1. The zero-order valence-corrected chi connectivity index (χ0v) is 15.1. The van der Waals surface area contributed by atoms with Crippen molar-refractivity contribution in [3.05, 3.63) is 63.6 Å². The highest BCUT2D eigenvalue weighted by Gasteiger charge is 2.32. The average Bonchev–Trinajstić information content (AvgIpc) is 3.10. The highest BCUT2D eigenvalue weighted by atomic mass is 35.5. The number of rotatable bonds is 2. The smallest absolute Gasteiger partial charge is 0.369 e. The third-order valence-electron chi connectivity index (χ3n) is 4.83. The van der Waals surface area contributed by atoms with Gasteiger partial charge in [-0.3, -0.25) is 0 Å². The summed E-state index contributed by atoms with van der Waals surface area (Å²) in [6, 6.07) is 13.6. The van der Waals surface area contributed by atoms with Crippen molar-refractivity contribution >= 4 is 28.3 Å². The van der Waals surface area contributed by atoms with Gasteiger partial charge in [0.15, 0.2) is 6.07 Å². The number of aromatic nitrogens is 2. The van der Waals surface area contributed by atoms with Crippen molar-refractivity contribution in [3.63, 3.8) is 0 Å². The molecule has 0 radical (unpaired) electrons. The predicted molar refractivity (Wildman–Crippen MR) is 102 cm³/mol. The van der Waals surface area contributed by atoms with Crippen LogP contribution in [0.15, 0.2) is 42.5 Å². The largest absolute Gasteiger partial charge is 0.617 e. The van der Waals surface area contributed by atoms with Gasteiger partial charge in [0.2, 0.25) is 0 Å². The predicted octanol–water partition coefficient (Wildman–Crippen LogP) is 1.84. The fraction of sp³-hybridized carbons (Fsp3) is 0.211. The molecule has 1 aliphatic rings. The molecule has 7 nitrogen and oxygen atoms in total. The van der Waals surface area contributed by atoms with Crippen molar-refractivity contribution < 1.29 is 9.46 Å². The molecular weight excluding hydrogens is 366 g/mol. The van der Waals surface area contributed by atoms with E-state index in [1.54, 1.807) is 36.4 Å². The van der Waals surface area contributed by atoms with Gasteiger partial charge in [0.1, 0.15) is 0 Å². The Morgan fingerprint density at radius 2 is 1.85 bits per heavy atom. The molecule has 0 saturated carbocycles. The molecule has 0 bridgehead atoms. The number of fused-ring (bicyclic) bond motifs is 1. The van der Waals surface area contributed by atoms with Crippen molar-refractivity contribution in [2.75, 3.05) is 18.0 Å². The Labute approximate surface area is 160 Å². The first-order chi connectivity index (χ1) is 13.0. The van der Waals surface area contributed by atoms with Gasteiger partial charge in [0.25, 0.3) is 11.0 Å². The van der Waals surface area contributed by atoms with Gasteiger partial charge in [-0.05, 0) is 18.6 Å². The summed E-state index contributed by atoms with van der Waals surface area (Å²) in [5.41, 5.74) is 7.09. The molecule has 1 atom stereocenters. The fourth-order valence-electron chi connectivity index (χ4n) is 3.50. The first kappa shape index (κ1) is 17.3. The lowest BCUT2D eigenvalue weighted by atomic mass is 10.1. The summed E-state index contributed by atoms with van der Waals surface area (Å²) in [6.07, 6.45) is 0.829. The van der Waals surface area contributed by atoms with E-state index in [0.29, 0.717) is 32.3 Å². The van der Waals surface area contributed by atoms with Crippen LogP contribution < -0.4 is 20.1 Å². The fourth-order valence-corrected chi connectivity index (χ4v) is 3.77. The molecule has 27 heavy (non-hydrogen) atoms. The second-order valence-electron chi connectivity index (χ2n) is 6.55. The van der Waals surface area contributed by atoms with Gasteiger partial charge in [-0.2, -0.15) is 9.99 Å². The summed E-state index contributed by atoms with van der Waals surface area (Å²) in [6.45, 7) is 1.35. The molecule has 0 aliphatic carbocycles. The Bertz CT molecular complexity index is 1080. The van der Waals surface area contributed by atoms with Crippen LogP contribution in [0, 0.1) is 21.7 Å². The maximum absolute atomic E-state index is 13.1. The molecule has 2 heterocycles. The van der Waals surface area contributed by atoms with Crippen molar-refractivity contribution in [1.29, 1.82) is 5.26 Å². The van der Waals surface area contributed by atoms with Gasteiger partial charge >= 0.3 is 11.4 Å². The second-order valence-corrected chi connectivity index (χ2v) is 6.96. The minimum absolute atomic E-state index is 0.0204. The van der Waals surface area contributed by atoms with Crippen LogP contribution in [0.2, 0.25) is 5.02 Å². The van der Waals surface area contributed by atoms with Crippen LogP contribution in [-0.4, -0.2) is 19.1 Å². The third kappa shape index (κ3) is 2.79. The minimum atomic E-state index is -0.268. The Hall–Kier alpha value is -3.08. The van der Waals surface area contributed by atoms with Gasteiger partial charge in [-0.25, -0.2) is 0 Å². The normalized spacial score (nSPS) is 16.6. The van der Waals surface area contributed by atoms with E-state index in [1.165, 1.54) is 6.07 Å². The standard InChI is InChI=1S/C19H16ClN5O2/c20-14-8-16-17(9-15(14)23-7-6-13(22)11-23)25(27)19(18(10-21)24(16)26)12-4-2-1-3-5-12/h1-5,8-9,13H,6-7,11,22H2/t13-/m1/s1. The molecule has 2 aromatic carbocycles. The molecule has 4 rings (SSSR count). The van der Waals surface area contributed by atoms with Crippen LogP contribution in [0.3, 0.4) is 0 Å². The molecule has 0 spiro atoms. The van der Waals surface area contributed by atoms with E-state index in [4.69, 9.17) is 17.3 Å². The van der Waals surface area contributed by atoms with E-state index < -0.39 is 0 Å². The summed E-state index contributed by atoms with van der Waals surface area (Å²) in [5.74, 6) is 0. The third-order valence-corrected chi connectivity index (χ3v) is 5.13. The van der Waals surface area contributed by atoms with Crippen LogP contribution in [0.25, 0.3) is 22.3 Å². The zero-order chi connectivity index (χ0) is 19.1. The summed E-state index contributed by atoms with van der Waals surface area (Å²) in [7, 11) is 0. The number of hydrogen-bond donors (Lipinski definition) is 1. The number of nitriles is 1. The van der Waals surface area contributed by atoms with Gasteiger partial charge in [0, 0.05) is 31.3 Å². The highest BCUT2D eigenvalue weighted by molar-refractivity contribution is 6.34. The molecule has 1 saturated heterocycles. The van der Waals surface area contributed by atoms with Gasteiger partial charge in [0.05, 0.1) is 16.3 Å². The van der Waals surface area contributed by atoms with Crippen molar-refractivity contribution in [2.45, 2.75) is 12.5 Å². The molecule has 3 aromatic rings. The number of hydrogen-bond acceptors (Lipinski definition) is 5. The summed E-state index contributed by atoms with van der Waals surface area (Å²) < 4.78 is 1.10. The van der Waals surface area contributed by atoms with E-state index in [9.17, 15) is 15.7 Å². The minimum Gasteiger partial charge on any atom is -0.617 e. The molecule has 1 fully saturated rings. The Morgan fingerprint density at radius 3 is 2.48 bits per heavy atom. The lowest BCUT2D eigenvalue weighted by Crippen LogP contribution is -2.43. The number of nitrogens with two attached hydrogens (primary N) is 1. The average molecular weight is 382 g/mol. The van der Waals surface area contributed by atoms with E-state index in [-0.39, 0.29) is 28.5 Å². The highest BCUT2D eigenvalue weighted by Crippen LogP contribution is 2.32. The molecule has 8 heteroatoms. The maximum atomic E-state index is 13.1. The number of halogens is 1. The van der Waals surface area contributed by atoms with E-state index in [0.717, 1.165) is 13.0 Å². The summed E-state index contributed by atoms with van der Waals surface area (Å²) in [5, 5.41) is 35.8.